The number of aryl methyl sites for hydroxylation is 2. The fraction of sp³-hybridized carbons (Fsp3) is 0.0241. The van der Waals surface area contributed by atoms with Crippen LogP contribution in [0.3, 0.4) is 0 Å². The second kappa shape index (κ2) is 22.7. The Morgan fingerprint density at radius 1 is 0.253 bits per heavy atom. The van der Waals surface area contributed by atoms with Crippen molar-refractivity contribution in [3.05, 3.63) is 345 Å². The normalized spacial score (nSPS) is 11.3. The molecule has 3 heterocycles. The Bertz CT molecular complexity index is 4850. The van der Waals surface area contributed by atoms with Gasteiger partial charge in [-0.3, -0.25) is 0 Å². The summed E-state index contributed by atoms with van der Waals surface area (Å²) < 4.78 is 9.16. The number of rotatable bonds is 12. The standard InChI is InChI=1S/C83H61N4/c1-58-50-63(80-38-20-22-48-84(80)68-26-6-3-7-27-68)42-46-72(58)78-36-18-16-34-76(78)66-52-65(53-67(54-66)77-35-17-19-37-79(77)73-47-43-64(51-59(73)2)81-39-21-23-49-85(81)69-28-8-4-9-29-69)75-33-15-14-32-74(75)60-40-44-71(45-41-60)87-57-86(70-30-10-5-11-31-70)82-55-61-24-12-13-25-62(61)56-83(82)87/h3-57H,1-2H3/q+3. The van der Waals surface area contributed by atoms with Gasteiger partial charge in [0.15, 0.2) is 23.4 Å². The molecule has 87 heavy (non-hydrogen) atoms. The molecule has 0 N–H and O–H groups in total. The van der Waals surface area contributed by atoms with Crippen LogP contribution in [0, 0.1) is 13.8 Å². The van der Waals surface area contributed by atoms with Crippen molar-refractivity contribution < 1.29 is 13.7 Å². The van der Waals surface area contributed by atoms with Crippen molar-refractivity contribution >= 4 is 21.8 Å². The highest BCUT2D eigenvalue weighted by Gasteiger charge is 2.24. The first-order chi connectivity index (χ1) is 43.0. The minimum absolute atomic E-state index is 1.09. The van der Waals surface area contributed by atoms with Crippen molar-refractivity contribution in [3.63, 3.8) is 0 Å². The number of nitrogens with zero attached hydrogens (tertiary/aromatic N) is 4. The molecule has 12 aromatic carbocycles. The van der Waals surface area contributed by atoms with Gasteiger partial charge < -0.3 is 0 Å². The first-order valence-electron chi connectivity index (χ1n) is 29.9. The third kappa shape index (κ3) is 9.99. The van der Waals surface area contributed by atoms with Gasteiger partial charge in [0.25, 0.3) is 6.33 Å². The van der Waals surface area contributed by atoms with E-state index >= 15 is 0 Å². The predicted octanol–water partition coefficient (Wildman–Crippen LogP) is 19.6. The minimum atomic E-state index is 1.09. The molecule has 3 aromatic heterocycles. The van der Waals surface area contributed by atoms with Crippen LogP contribution >= 0.6 is 0 Å². The van der Waals surface area contributed by atoms with Gasteiger partial charge >= 0.3 is 0 Å². The van der Waals surface area contributed by atoms with E-state index in [4.69, 9.17) is 0 Å². The minimum Gasteiger partial charge on any atom is -0.195 e. The molecule has 0 spiro atoms. The number of para-hydroxylation sites is 3. The molecule has 0 atom stereocenters. The van der Waals surface area contributed by atoms with Gasteiger partial charge in [-0.05, 0) is 194 Å². The van der Waals surface area contributed by atoms with E-state index in [1.165, 1.54) is 55.3 Å². The van der Waals surface area contributed by atoms with Gasteiger partial charge in [-0.1, -0.05) is 176 Å². The highest BCUT2D eigenvalue weighted by atomic mass is 15.1. The average molecular weight is 1110 g/mol. The summed E-state index contributed by atoms with van der Waals surface area (Å²) >= 11 is 0. The van der Waals surface area contributed by atoms with Crippen LogP contribution < -0.4 is 13.7 Å². The summed E-state index contributed by atoms with van der Waals surface area (Å²) in [6, 6.07) is 115. The molecule has 0 aliphatic heterocycles. The highest BCUT2D eigenvalue weighted by molar-refractivity contribution is 5.97. The monoisotopic (exact) mass is 1110 g/mol. The number of fused-ring (bicyclic) bond motifs is 2. The van der Waals surface area contributed by atoms with Gasteiger partial charge in [0.1, 0.15) is 11.4 Å². The van der Waals surface area contributed by atoms with Crippen LogP contribution in [0.5, 0.6) is 0 Å². The van der Waals surface area contributed by atoms with E-state index < -0.39 is 0 Å². The third-order valence-electron chi connectivity index (χ3n) is 17.1. The van der Waals surface area contributed by atoms with E-state index in [-0.39, 0.29) is 0 Å². The molecule has 0 aliphatic rings. The molecule has 410 valence electrons. The lowest BCUT2D eigenvalue weighted by Gasteiger charge is -2.19. The van der Waals surface area contributed by atoms with Crippen LogP contribution in [0.2, 0.25) is 0 Å². The van der Waals surface area contributed by atoms with Crippen molar-refractivity contribution in [2.45, 2.75) is 13.8 Å². The van der Waals surface area contributed by atoms with Crippen LogP contribution in [-0.2, 0) is 0 Å². The number of hydrogen-bond donors (Lipinski definition) is 0. The molecule has 4 heteroatoms. The molecule has 0 saturated carbocycles. The first-order valence-corrected chi connectivity index (χ1v) is 29.9. The topological polar surface area (TPSA) is 16.6 Å². The number of aromatic nitrogens is 4. The van der Waals surface area contributed by atoms with E-state index in [2.05, 4.69) is 366 Å². The Kier molecular flexibility index (Phi) is 13.7. The largest absolute Gasteiger partial charge is 0.255 e. The summed E-state index contributed by atoms with van der Waals surface area (Å²) in [5.74, 6) is 0. The maximum atomic E-state index is 2.41. The maximum absolute atomic E-state index is 2.41. The lowest BCUT2D eigenvalue weighted by Crippen LogP contribution is -2.32. The predicted molar refractivity (Wildman–Crippen MR) is 358 cm³/mol. The van der Waals surface area contributed by atoms with Gasteiger partial charge in [-0.15, -0.1) is 0 Å². The smallest absolute Gasteiger partial charge is 0.195 e. The Hall–Kier alpha value is -11.3. The lowest BCUT2D eigenvalue weighted by molar-refractivity contribution is -0.584. The van der Waals surface area contributed by atoms with E-state index in [1.54, 1.807) is 0 Å². The molecular weight excluding hydrogens is 1050 g/mol. The summed E-state index contributed by atoms with van der Waals surface area (Å²) in [6.45, 7) is 4.50. The molecule has 0 unspecified atom stereocenters. The second-order valence-electron chi connectivity index (χ2n) is 22.5. The highest BCUT2D eigenvalue weighted by Crippen LogP contribution is 2.44. The molecule has 0 amide bonds. The summed E-state index contributed by atoms with van der Waals surface area (Å²) in [6.07, 6.45) is 6.52. The Morgan fingerprint density at radius 2 is 0.621 bits per heavy atom. The summed E-state index contributed by atoms with van der Waals surface area (Å²) in [7, 11) is 0. The summed E-state index contributed by atoms with van der Waals surface area (Å²) in [5, 5.41) is 2.43. The van der Waals surface area contributed by atoms with Crippen molar-refractivity contribution in [3.8, 4) is 112 Å². The molecular formula is C83H61N4+3. The van der Waals surface area contributed by atoms with E-state index in [0.717, 1.165) is 89.7 Å². The van der Waals surface area contributed by atoms with E-state index in [1.807, 2.05) is 0 Å². The number of hydrogen-bond acceptors (Lipinski definition) is 0. The number of imidazole rings is 1. The Morgan fingerprint density at radius 3 is 1.08 bits per heavy atom. The van der Waals surface area contributed by atoms with Crippen molar-refractivity contribution in [1.29, 1.82) is 0 Å². The van der Waals surface area contributed by atoms with E-state index in [9.17, 15) is 0 Å². The molecule has 15 rings (SSSR count). The van der Waals surface area contributed by atoms with Gasteiger partial charge in [0, 0.05) is 59.7 Å². The molecule has 0 aliphatic carbocycles. The van der Waals surface area contributed by atoms with Crippen molar-refractivity contribution in [2.24, 2.45) is 0 Å². The lowest BCUT2D eigenvalue weighted by atomic mass is 9.85. The molecule has 0 bridgehead atoms. The fourth-order valence-electron chi connectivity index (χ4n) is 12.9. The SMILES string of the molecule is Cc1cc(-c2cccc[n+]2-c2ccccc2)ccc1-c1ccccc1-c1cc(-c2ccccc2-c2ccc(-n3c[n+](-c4ccccc4)c4cc5ccccc5cc43)cc2)cc(-c2ccccc2-c2ccc(-c3cccc[n+]3-c3ccccc3)cc2C)c1. The van der Waals surface area contributed by atoms with Crippen molar-refractivity contribution in [1.82, 2.24) is 4.57 Å². The van der Waals surface area contributed by atoms with Gasteiger partial charge in [0.2, 0.25) is 22.8 Å². The Labute approximate surface area is 508 Å². The first kappa shape index (κ1) is 52.5. The van der Waals surface area contributed by atoms with Crippen LogP contribution in [0.4, 0.5) is 0 Å². The van der Waals surface area contributed by atoms with Crippen LogP contribution in [0.1, 0.15) is 11.1 Å². The second-order valence-corrected chi connectivity index (χ2v) is 22.5. The zero-order chi connectivity index (χ0) is 58.2. The molecule has 0 radical (unpaired) electrons. The molecule has 0 saturated heterocycles. The van der Waals surface area contributed by atoms with Crippen LogP contribution in [-0.4, -0.2) is 4.57 Å². The number of pyridine rings is 2. The Balaban J connectivity index is 0.863. The number of benzene rings is 12. The van der Waals surface area contributed by atoms with Gasteiger partial charge in [0.05, 0.1) is 0 Å². The van der Waals surface area contributed by atoms with Crippen molar-refractivity contribution in [2.75, 3.05) is 0 Å². The third-order valence-corrected chi connectivity index (χ3v) is 17.1. The maximum Gasteiger partial charge on any atom is 0.255 e. The van der Waals surface area contributed by atoms with E-state index in [0.29, 0.717) is 0 Å². The summed E-state index contributed by atoms with van der Waals surface area (Å²) in [5.41, 5.74) is 27.8. The zero-order valence-corrected chi connectivity index (χ0v) is 48.5. The molecule has 15 aromatic rings. The average Bonchev–Trinajstić information content (AvgIpc) is 4.07. The fourth-order valence-corrected chi connectivity index (χ4v) is 12.9. The summed E-state index contributed by atoms with van der Waals surface area (Å²) in [4.78, 5) is 0. The van der Waals surface area contributed by atoms with Crippen LogP contribution in [0.15, 0.2) is 334 Å². The molecule has 0 fully saturated rings. The molecule has 4 nitrogen and oxygen atoms in total. The van der Waals surface area contributed by atoms with Gasteiger partial charge in [-0.25, -0.2) is 0 Å². The van der Waals surface area contributed by atoms with Crippen LogP contribution in [0.25, 0.3) is 134 Å². The quantitative estimate of drug-likeness (QED) is 0.108. The van der Waals surface area contributed by atoms with Gasteiger partial charge in [-0.2, -0.15) is 18.3 Å². The zero-order valence-electron chi connectivity index (χ0n) is 48.5.